The van der Waals surface area contributed by atoms with E-state index in [-0.39, 0.29) is 17.1 Å². The van der Waals surface area contributed by atoms with Crippen LogP contribution < -0.4 is 5.32 Å². The lowest BCUT2D eigenvalue weighted by molar-refractivity contribution is -0.124. The highest BCUT2D eigenvalue weighted by Crippen LogP contribution is 2.27. The maximum atomic E-state index is 12.5. The second-order valence-electron chi connectivity index (χ2n) is 6.45. The smallest absolute Gasteiger partial charge is 0.339 e. The van der Waals surface area contributed by atoms with Crippen LogP contribution >= 0.6 is 0 Å². The average Bonchev–Trinajstić information content (AvgIpc) is 3.04. The zero-order valence-electron chi connectivity index (χ0n) is 14.9. The number of carbonyl (C=O) groups excluding carboxylic acids is 2. The first-order valence-corrected chi connectivity index (χ1v) is 10.5. The molecule has 28 heavy (non-hydrogen) atoms. The summed E-state index contributed by atoms with van der Waals surface area (Å²) in [5.74, 6) is -1.30. The van der Waals surface area contributed by atoms with Gasteiger partial charge in [0.05, 0.1) is 28.7 Å². The number of ether oxygens (including phenoxy) is 1. The fraction of sp³-hybridized carbons (Fsp3) is 0.250. The van der Waals surface area contributed by atoms with E-state index in [1.807, 2.05) is 0 Å². The van der Waals surface area contributed by atoms with Gasteiger partial charge in [-0.2, -0.15) is 5.26 Å². The standard InChI is InChI=1S/C20H18N2O5S/c21-11-14-5-1-2-6-16(14)17-7-3-4-8-18(17)20(24)27-12-19(23)22-15-9-10-28(25,26)13-15/h1-8,15H,9-10,12-13H2,(H,22,23)/t15-/m1/s1. The maximum Gasteiger partial charge on any atom is 0.339 e. The van der Waals surface area contributed by atoms with Crippen molar-refractivity contribution in [2.24, 2.45) is 0 Å². The van der Waals surface area contributed by atoms with Crippen LogP contribution in [0, 0.1) is 11.3 Å². The Morgan fingerprint density at radius 3 is 2.46 bits per heavy atom. The summed E-state index contributed by atoms with van der Waals surface area (Å²) >= 11 is 0. The molecule has 1 saturated heterocycles. The molecule has 0 saturated carbocycles. The molecule has 1 aliphatic heterocycles. The molecule has 1 amide bonds. The molecule has 0 spiro atoms. The zero-order chi connectivity index (χ0) is 20.1. The van der Waals surface area contributed by atoms with Gasteiger partial charge in [-0.15, -0.1) is 0 Å². The van der Waals surface area contributed by atoms with Crippen molar-refractivity contribution in [3.8, 4) is 17.2 Å². The van der Waals surface area contributed by atoms with Gasteiger partial charge in [0.2, 0.25) is 0 Å². The van der Waals surface area contributed by atoms with Crippen LogP contribution in [-0.4, -0.2) is 44.4 Å². The zero-order valence-corrected chi connectivity index (χ0v) is 15.7. The quantitative estimate of drug-likeness (QED) is 0.767. The Hall–Kier alpha value is -3.18. The van der Waals surface area contributed by atoms with Crippen LogP contribution in [0.3, 0.4) is 0 Å². The number of rotatable bonds is 5. The first-order chi connectivity index (χ1) is 13.4. The van der Waals surface area contributed by atoms with Crippen molar-refractivity contribution in [1.29, 1.82) is 5.26 Å². The number of esters is 1. The van der Waals surface area contributed by atoms with Crippen molar-refractivity contribution < 1.29 is 22.7 Å². The van der Waals surface area contributed by atoms with E-state index in [9.17, 15) is 23.3 Å². The number of benzene rings is 2. The highest BCUT2D eigenvalue weighted by atomic mass is 32.2. The number of sulfone groups is 1. The predicted molar refractivity (Wildman–Crippen MR) is 102 cm³/mol. The van der Waals surface area contributed by atoms with Crippen LogP contribution in [-0.2, 0) is 19.4 Å². The summed E-state index contributed by atoms with van der Waals surface area (Å²) in [7, 11) is -3.11. The third-order valence-corrected chi connectivity index (χ3v) is 6.18. The largest absolute Gasteiger partial charge is 0.452 e. The molecule has 2 aromatic rings. The molecule has 2 aromatic carbocycles. The van der Waals surface area contributed by atoms with Crippen LogP contribution in [0.2, 0.25) is 0 Å². The minimum atomic E-state index is -3.11. The molecule has 0 bridgehead atoms. The van der Waals surface area contributed by atoms with Crippen molar-refractivity contribution in [2.75, 3.05) is 18.1 Å². The minimum Gasteiger partial charge on any atom is -0.452 e. The molecule has 1 atom stereocenters. The third kappa shape index (κ3) is 4.56. The Bertz CT molecular complexity index is 1060. The van der Waals surface area contributed by atoms with Crippen LogP contribution in [0.5, 0.6) is 0 Å². The Balaban J connectivity index is 1.69. The van der Waals surface area contributed by atoms with Gasteiger partial charge in [-0.1, -0.05) is 36.4 Å². The Morgan fingerprint density at radius 2 is 1.79 bits per heavy atom. The molecule has 1 heterocycles. The van der Waals surface area contributed by atoms with Gasteiger partial charge >= 0.3 is 5.97 Å². The van der Waals surface area contributed by atoms with Gasteiger partial charge in [-0.25, -0.2) is 13.2 Å². The second kappa shape index (κ2) is 8.23. The topological polar surface area (TPSA) is 113 Å². The van der Waals surface area contributed by atoms with Crippen molar-refractivity contribution in [3.63, 3.8) is 0 Å². The van der Waals surface area contributed by atoms with Crippen LogP contribution in [0.15, 0.2) is 48.5 Å². The van der Waals surface area contributed by atoms with E-state index in [4.69, 9.17) is 4.74 Å². The molecule has 8 heteroatoms. The highest BCUT2D eigenvalue weighted by molar-refractivity contribution is 7.91. The monoisotopic (exact) mass is 398 g/mol. The van der Waals surface area contributed by atoms with E-state index in [1.165, 1.54) is 0 Å². The van der Waals surface area contributed by atoms with Crippen molar-refractivity contribution >= 4 is 21.7 Å². The number of nitrogens with one attached hydrogen (secondary N) is 1. The Labute approximate surface area is 162 Å². The summed E-state index contributed by atoms with van der Waals surface area (Å²) in [4.78, 5) is 24.5. The third-order valence-electron chi connectivity index (χ3n) is 4.42. The molecular formula is C20H18N2O5S. The van der Waals surface area contributed by atoms with Crippen molar-refractivity contribution in [1.82, 2.24) is 5.32 Å². The van der Waals surface area contributed by atoms with Crippen molar-refractivity contribution in [2.45, 2.75) is 12.5 Å². The molecule has 7 nitrogen and oxygen atoms in total. The molecule has 3 rings (SSSR count). The first-order valence-electron chi connectivity index (χ1n) is 8.65. The van der Waals surface area contributed by atoms with E-state index in [2.05, 4.69) is 11.4 Å². The van der Waals surface area contributed by atoms with E-state index in [0.717, 1.165) is 0 Å². The lowest BCUT2D eigenvalue weighted by Crippen LogP contribution is -2.38. The summed E-state index contributed by atoms with van der Waals surface area (Å²) in [6, 6.07) is 15.2. The number of amides is 1. The summed E-state index contributed by atoms with van der Waals surface area (Å²) in [6.07, 6.45) is 0.357. The molecule has 0 unspecified atom stereocenters. The summed E-state index contributed by atoms with van der Waals surface area (Å²) < 4.78 is 28.0. The van der Waals surface area contributed by atoms with Crippen LogP contribution in [0.1, 0.15) is 22.3 Å². The number of nitrogens with zero attached hydrogens (tertiary/aromatic N) is 1. The average molecular weight is 398 g/mol. The van der Waals surface area contributed by atoms with Gasteiger partial charge in [-0.3, -0.25) is 4.79 Å². The molecule has 1 fully saturated rings. The summed E-state index contributed by atoms with van der Waals surface area (Å²) in [5.41, 5.74) is 1.79. The fourth-order valence-corrected chi connectivity index (χ4v) is 4.77. The van der Waals surface area contributed by atoms with Gasteiger partial charge in [0.25, 0.3) is 5.91 Å². The Morgan fingerprint density at radius 1 is 1.11 bits per heavy atom. The molecule has 1 N–H and O–H groups in total. The lowest BCUT2D eigenvalue weighted by atomic mass is 9.96. The van der Waals surface area contributed by atoms with Crippen LogP contribution in [0.4, 0.5) is 0 Å². The number of hydrogen-bond donors (Lipinski definition) is 1. The lowest BCUT2D eigenvalue weighted by Gasteiger charge is -2.13. The Kier molecular flexibility index (Phi) is 5.76. The van der Waals surface area contributed by atoms with E-state index < -0.39 is 34.4 Å². The van der Waals surface area contributed by atoms with Crippen molar-refractivity contribution in [3.05, 3.63) is 59.7 Å². The van der Waals surface area contributed by atoms with Gasteiger partial charge in [0.1, 0.15) is 0 Å². The molecule has 0 aliphatic carbocycles. The summed E-state index contributed by atoms with van der Waals surface area (Å²) in [6.45, 7) is -0.510. The van der Waals surface area contributed by atoms with Crippen LogP contribution in [0.25, 0.3) is 11.1 Å². The number of carbonyl (C=O) groups is 2. The van der Waals surface area contributed by atoms with Gasteiger partial charge in [-0.05, 0) is 24.1 Å². The molecule has 144 valence electrons. The highest BCUT2D eigenvalue weighted by Gasteiger charge is 2.29. The van der Waals surface area contributed by atoms with E-state index >= 15 is 0 Å². The SMILES string of the molecule is N#Cc1ccccc1-c1ccccc1C(=O)OCC(=O)N[C@@H]1CCS(=O)(=O)C1. The maximum absolute atomic E-state index is 12.5. The number of hydrogen-bond acceptors (Lipinski definition) is 6. The number of nitriles is 1. The predicted octanol–water partition coefficient (Wildman–Crippen LogP) is 1.69. The van der Waals surface area contributed by atoms with E-state index in [0.29, 0.717) is 23.1 Å². The molecule has 0 radical (unpaired) electrons. The second-order valence-corrected chi connectivity index (χ2v) is 8.68. The van der Waals surface area contributed by atoms with Gasteiger partial charge < -0.3 is 10.1 Å². The summed E-state index contributed by atoms with van der Waals surface area (Å²) in [5, 5.41) is 11.9. The molecule has 1 aliphatic rings. The van der Waals surface area contributed by atoms with Gasteiger partial charge in [0, 0.05) is 11.6 Å². The van der Waals surface area contributed by atoms with E-state index in [1.54, 1.807) is 48.5 Å². The minimum absolute atomic E-state index is 0.0451. The van der Waals surface area contributed by atoms with Gasteiger partial charge in [0.15, 0.2) is 16.4 Å². The molecular weight excluding hydrogens is 380 g/mol. The molecule has 0 aromatic heterocycles. The first kappa shape index (κ1) is 19.6. The fourth-order valence-electron chi connectivity index (χ4n) is 3.10. The normalized spacial score (nSPS) is 17.5.